The number of amides is 2. The Morgan fingerprint density at radius 2 is 1.73 bits per heavy atom. The Hall–Kier alpha value is -5.16. The minimum atomic E-state index is -1.12. The standard InChI is InChI=1S/C30H31N5O6/c1-18(36)33-23-6-4-5-20(13-23)25(16-28(37)38)34-30(39)29(21-8-10-26(40-2)27(15-21)41-3)35(31)24-9-7-22-17-32-12-11-19(22)14-24/h4-15,17,25,29H,16,31H2,1-3H3,(H,33,36)(H,34,39)(H,37,38)/t25-,29?/m1/s1. The molecule has 41 heavy (non-hydrogen) atoms. The molecule has 3 aromatic carbocycles. The van der Waals surface area contributed by atoms with Gasteiger partial charge in [-0.2, -0.15) is 0 Å². The van der Waals surface area contributed by atoms with E-state index < -0.39 is 30.4 Å². The van der Waals surface area contributed by atoms with Gasteiger partial charge in [0, 0.05) is 30.4 Å². The first kappa shape index (κ1) is 28.8. The smallest absolute Gasteiger partial charge is 0.305 e. The summed E-state index contributed by atoms with van der Waals surface area (Å²) in [6, 6.07) is 16.9. The number of nitrogens with zero attached hydrogens (tertiary/aromatic N) is 2. The second-order valence-electron chi connectivity index (χ2n) is 9.30. The number of methoxy groups -OCH3 is 2. The monoisotopic (exact) mass is 557 g/mol. The molecule has 1 unspecified atom stereocenters. The number of hydrogen-bond donors (Lipinski definition) is 4. The largest absolute Gasteiger partial charge is 0.493 e. The Morgan fingerprint density at radius 1 is 0.951 bits per heavy atom. The van der Waals surface area contributed by atoms with Gasteiger partial charge in [0.25, 0.3) is 0 Å². The van der Waals surface area contributed by atoms with Crippen LogP contribution in [0.2, 0.25) is 0 Å². The van der Waals surface area contributed by atoms with Crippen LogP contribution in [-0.2, 0) is 14.4 Å². The summed E-state index contributed by atoms with van der Waals surface area (Å²) in [6.45, 7) is 1.37. The summed E-state index contributed by atoms with van der Waals surface area (Å²) in [5, 5.41) is 18.3. The molecule has 0 bridgehead atoms. The number of rotatable bonds is 11. The minimum absolute atomic E-state index is 0.278. The number of carboxylic acids is 1. The maximum Gasteiger partial charge on any atom is 0.305 e. The first-order valence-corrected chi connectivity index (χ1v) is 12.7. The SMILES string of the molecule is COc1ccc(C(C(=O)N[C@H](CC(=O)O)c2cccc(NC(C)=O)c2)N(N)c2ccc3cnccc3c2)cc1OC. The molecule has 1 heterocycles. The Kier molecular flexibility index (Phi) is 9.00. The van der Waals surface area contributed by atoms with Gasteiger partial charge < -0.3 is 25.2 Å². The molecule has 11 heteroatoms. The Labute approximate surface area is 236 Å². The Morgan fingerprint density at radius 3 is 2.44 bits per heavy atom. The second kappa shape index (κ2) is 12.8. The van der Waals surface area contributed by atoms with Crippen molar-refractivity contribution in [2.24, 2.45) is 5.84 Å². The first-order valence-electron chi connectivity index (χ1n) is 12.7. The van der Waals surface area contributed by atoms with E-state index in [1.165, 1.54) is 26.2 Å². The van der Waals surface area contributed by atoms with Crippen LogP contribution in [0.25, 0.3) is 10.8 Å². The predicted molar refractivity (Wildman–Crippen MR) is 155 cm³/mol. The van der Waals surface area contributed by atoms with Crippen molar-refractivity contribution in [1.29, 1.82) is 0 Å². The lowest BCUT2D eigenvalue weighted by Crippen LogP contribution is -2.45. The van der Waals surface area contributed by atoms with Gasteiger partial charge in [-0.15, -0.1) is 0 Å². The third kappa shape index (κ3) is 6.89. The van der Waals surface area contributed by atoms with Crippen LogP contribution < -0.4 is 31.0 Å². The molecule has 4 rings (SSSR count). The zero-order valence-corrected chi connectivity index (χ0v) is 22.8. The van der Waals surface area contributed by atoms with Gasteiger partial charge in [-0.1, -0.05) is 24.3 Å². The molecule has 1 aromatic heterocycles. The van der Waals surface area contributed by atoms with Crippen LogP contribution >= 0.6 is 0 Å². The number of nitrogens with two attached hydrogens (primary N) is 1. The fraction of sp³-hybridized carbons (Fsp3) is 0.200. The van der Waals surface area contributed by atoms with Crippen molar-refractivity contribution in [3.05, 3.63) is 90.3 Å². The van der Waals surface area contributed by atoms with Gasteiger partial charge in [-0.3, -0.25) is 24.4 Å². The summed E-state index contributed by atoms with van der Waals surface area (Å²) in [5.74, 6) is 5.56. The van der Waals surface area contributed by atoms with Gasteiger partial charge in [-0.25, -0.2) is 5.84 Å². The van der Waals surface area contributed by atoms with Crippen LogP contribution in [0, 0.1) is 0 Å². The lowest BCUT2D eigenvalue weighted by molar-refractivity contribution is -0.137. The lowest BCUT2D eigenvalue weighted by Gasteiger charge is -2.31. The van der Waals surface area contributed by atoms with Crippen molar-refractivity contribution >= 4 is 39.9 Å². The predicted octanol–water partition coefficient (Wildman–Crippen LogP) is 3.96. The molecule has 2 amide bonds. The number of benzene rings is 3. The summed E-state index contributed by atoms with van der Waals surface area (Å²) in [7, 11) is 2.99. The molecular formula is C30H31N5O6. The van der Waals surface area contributed by atoms with E-state index in [1.807, 2.05) is 18.2 Å². The van der Waals surface area contributed by atoms with E-state index in [9.17, 15) is 19.5 Å². The summed E-state index contributed by atoms with van der Waals surface area (Å²) < 4.78 is 10.8. The van der Waals surface area contributed by atoms with Crippen molar-refractivity contribution in [2.45, 2.75) is 25.4 Å². The van der Waals surface area contributed by atoms with Crippen LogP contribution in [0.5, 0.6) is 11.5 Å². The van der Waals surface area contributed by atoms with Gasteiger partial charge in [0.05, 0.1) is 32.4 Å². The first-order chi connectivity index (χ1) is 19.7. The van der Waals surface area contributed by atoms with Gasteiger partial charge in [0.1, 0.15) is 6.04 Å². The fourth-order valence-corrected chi connectivity index (χ4v) is 4.56. The third-order valence-corrected chi connectivity index (χ3v) is 6.48. The van der Waals surface area contributed by atoms with Gasteiger partial charge in [0.15, 0.2) is 11.5 Å². The molecule has 0 saturated carbocycles. The molecule has 0 spiro atoms. The number of carboxylic acid groups (broad SMARTS) is 1. The summed E-state index contributed by atoms with van der Waals surface area (Å²) >= 11 is 0. The molecule has 0 radical (unpaired) electrons. The normalized spacial score (nSPS) is 12.2. The Balaban J connectivity index is 1.75. The molecule has 11 nitrogen and oxygen atoms in total. The molecule has 0 saturated heterocycles. The number of anilines is 2. The molecule has 5 N–H and O–H groups in total. The zero-order valence-electron chi connectivity index (χ0n) is 22.8. The average Bonchev–Trinajstić information content (AvgIpc) is 2.96. The highest BCUT2D eigenvalue weighted by Gasteiger charge is 2.30. The molecule has 0 fully saturated rings. The highest BCUT2D eigenvalue weighted by Crippen LogP contribution is 2.34. The quantitative estimate of drug-likeness (QED) is 0.158. The highest BCUT2D eigenvalue weighted by atomic mass is 16.5. The maximum atomic E-state index is 14.0. The fourth-order valence-electron chi connectivity index (χ4n) is 4.56. The number of fused-ring (bicyclic) bond motifs is 1. The number of hydrogen-bond acceptors (Lipinski definition) is 8. The van der Waals surface area contributed by atoms with E-state index in [4.69, 9.17) is 15.3 Å². The van der Waals surface area contributed by atoms with Crippen molar-refractivity contribution in [2.75, 3.05) is 24.5 Å². The van der Waals surface area contributed by atoms with Gasteiger partial charge in [0.2, 0.25) is 11.8 Å². The number of ether oxygens (including phenoxy) is 2. The molecule has 0 aliphatic rings. The summed E-state index contributed by atoms with van der Waals surface area (Å²) in [5.41, 5.74) is 2.00. The van der Waals surface area contributed by atoms with Crippen LogP contribution in [-0.4, -0.2) is 42.1 Å². The summed E-state index contributed by atoms with van der Waals surface area (Å²) in [4.78, 5) is 41.5. The van der Waals surface area contributed by atoms with Crippen molar-refractivity contribution < 1.29 is 29.0 Å². The topological polar surface area (TPSA) is 156 Å². The average molecular weight is 558 g/mol. The zero-order chi connectivity index (χ0) is 29.5. The van der Waals surface area contributed by atoms with Crippen molar-refractivity contribution in [1.82, 2.24) is 10.3 Å². The summed E-state index contributed by atoms with van der Waals surface area (Å²) in [6.07, 6.45) is 2.99. The Bertz CT molecular complexity index is 1580. The number of aromatic nitrogens is 1. The number of nitrogens with one attached hydrogen (secondary N) is 2. The molecular weight excluding hydrogens is 526 g/mol. The van der Waals surface area contributed by atoms with E-state index in [2.05, 4.69) is 15.6 Å². The highest BCUT2D eigenvalue weighted by molar-refractivity contribution is 5.90. The van der Waals surface area contributed by atoms with E-state index >= 15 is 0 Å². The van der Waals surface area contributed by atoms with Crippen LogP contribution in [0.3, 0.4) is 0 Å². The second-order valence-corrected chi connectivity index (χ2v) is 9.30. The number of hydrazine groups is 1. The molecule has 4 aromatic rings. The minimum Gasteiger partial charge on any atom is -0.493 e. The molecule has 212 valence electrons. The third-order valence-electron chi connectivity index (χ3n) is 6.48. The van der Waals surface area contributed by atoms with E-state index in [1.54, 1.807) is 60.9 Å². The van der Waals surface area contributed by atoms with Gasteiger partial charge >= 0.3 is 5.97 Å². The molecule has 0 aliphatic heterocycles. The van der Waals surface area contributed by atoms with E-state index in [0.717, 1.165) is 10.8 Å². The van der Waals surface area contributed by atoms with Crippen molar-refractivity contribution in [3.63, 3.8) is 0 Å². The van der Waals surface area contributed by atoms with E-state index in [-0.39, 0.29) is 5.91 Å². The van der Waals surface area contributed by atoms with Crippen LogP contribution in [0.15, 0.2) is 79.1 Å². The lowest BCUT2D eigenvalue weighted by atomic mass is 9.99. The molecule has 0 aliphatic carbocycles. The maximum absolute atomic E-state index is 14.0. The van der Waals surface area contributed by atoms with E-state index in [0.29, 0.717) is 34.0 Å². The van der Waals surface area contributed by atoms with Crippen LogP contribution in [0.4, 0.5) is 11.4 Å². The van der Waals surface area contributed by atoms with Gasteiger partial charge in [-0.05, 0) is 59.0 Å². The number of aliphatic carboxylic acids is 1. The van der Waals surface area contributed by atoms with Crippen molar-refractivity contribution in [3.8, 4) is 11.5 Å². The number of carbonyl (C=O) groups excluding carboxylic acids is 2. The number of carbonyl (C=O) groups is 3. The molecule has 2 atom stereocenters. The number of pyridine rings is 1. The van der Waals surface area contributed by atoms with Crippen LogP contribution in [0.1, 0.15) is 36.6 Å².